The minimum atomic E-state index is -0.423. The van der Waals surface area contributed by atoms with E-state index in [4.69, 9.17) is 20.0 Å². The molecular formula is C20H21BrN4O3S. The Morgan fingerprint density at radius 2 is 2.28 bits per heavy atom. The fourth-order valence-corrected chi connectivity index (χ4v) is 6.16. The standard InChI is InChI=1S/C20H21BrN4O3S/c1-10-13(8-27-25-10)18(26)23-12-3-5-17-15(7-12)20(9-29-19(22)24-20)14-6-11(21)2-4-16(14)28-17/h2,4,6,8,12,15,17H,3,5,7,9H2,1H3,(H2,22,24)(H,23,26). The Kier molecular flexibility index (Phi) is 4.62. The van der Waals surface area contributed by atoms with Gasteiger partial charge in [0.15, 0.2) is 5.17 Å². The van der Waals surface area contributed by atoms with Gasteiger partial charge >= 0.3 is 0 Å². The number of nitrogens with zero attached hydrogens (tertiary/aromatic N) is 2. The van der Waals surface area contributed by atoms with Crippen molar-refractivity contribution in [2.24, 2.45) is 16.6 Å². The van der Waals surface area contributed by atoms with Crippen molar-refractivity contribution in [1.82, 2.24) is 10.5 Å². The Morgan fingerprint density at radius 1 is 1.41 bits per heavy atom. The molecule has 1 aromatic carbocycles. The lowest BCUT2D eigenvalue weighted by Gasteiger charge is -2.48. The van der Waals surface area contributed by atoms with Crippen molar-refractivity contribution >= 4 is 38.8 Å². The second kappa shape index (κ2) is 7.05. The van der Waals surface area contributed by atoms with Crippen molar-refractivity contribution in [2.75, 3.05) is 5.75 Å². The maximum atomic E-state index is 12.7. The number of carbonyl (C=O) groups is 1. The van der Waals surface area contributed by atoms with E-state index in [-0.39, 0.29) is 24.0 Å². The number of nitrogens with two attached hydrogens (primary N) is 1. The van der Waals surface area contributed by atoms with E-state index in [1.54, 1.807) is 18.7 Å². The van der Waals surface area contributed by atoms with Crippen LogP contribution >= 0.6 is 27.7 Å². The molecule has 2 aromatic rings. The van der Waals surface area contributed by atoms with Gasteiger partial charge in [-0.3, -0.25) is 4.79 Å². The normalized spacial score (nSPS) is 30.3. The summed E-state index contributed by atoms with van der Waals surface area (Å²) >= 11 is 5.18. The molecule has 1 saturated carbocycles. The number of benzene rings is 1. The lowest BCUT2D eigenvalue weighted by atomic mass is 9.67. The number of fused-ring (bicyclic) bond motifs is 4. The van der Waals surface area contributed by atoms with E-state index in [1.165, 1.54) is 6.26 Å². The number of hydrogen-bond acceptors (Lipinski definition) is 7. The van der Waals surface area contributed by atoms with E-state index >= 15 is 0 Å². The van der Waals surface area contributed by atoms with E-state index < -0.39 is 5.54 Å². The number of rotatable bonds is 2. The molecule has 3 aliphatic rings. The topological polar surface area (TPSA) is 103 Å². The third kappa shape index (κ3) is 3.15. The van der Waals surface area contributed by atoms with Gasteiger partial charge in [-0.05, 0) is 44.4 Å². The fourth-order valence-electron chi connectivity index (χ4n) is 4.77. The van der Waals surface area contributed by atoms with Gasteiger partial charge in [-0.25, -0.2) is 4.99 Å². The van der Waals surface area contributed by atoms with Crippen LogP contribution in [0.3, 0.4) is 0 Å². The zero-order chi connectivity index (χ0) is 20.2. The quantitative estimate of drug-likeness (QED) is 0.688. The average Bonchev–Trinajstić information content (AvgIpc) is 3.30. The highest BCUT2D eigenvalue weighted by Crippen LogP contribution is 2.54. The summed E-state index contributed by atoms with van der Waals surface area (Å²) in [7, 11) is 0. The Hall–Kier alpha value is -2.00. The number of halogens is 1. The molecule has 1 aliphatic carbocycles. The Balaban J connectivity index is 1.45. The molecule has 0 bridgehead atoms. The lowest BCUT2D eigenvalue weighted by Crippen LogP contribution is -2.54. The van der Waals surface area contributed by atoms with Crippen molar-refractivity contribution in [3.8, 4) is 5.75 Å². The third-order valence-corrected chi connectivity index (χ3v) is 7.63. The highest BCUT2D eigenvalue weighted by Gasteiger charge is 2.54. The summed E-state index contributed by atoms with van der Waals surface area (Å²) in [4.78, 5) is 17.6. The third-order valence-electron chi connectivity index (χ3n) is 6.17. The van der Waals surface area contributed by atoms with Gasteiger partial charge in [0, 0.05) is 27.7 Å². The smallest absolute Gasteiger partial charge is 0.256 e. The largest absolute Gasteiger partial charge is 0.490 e. The van der Waals surface area contributed by atoms with Gasteiger partial charge < -0.3 is 20.3 Å². The zero-order valence-corrected chi connectivity index (χ0v) is 18.3. The average molecular weight is 477 g/mol. The minimum absolute atomic E-state index is 0.0363. The van der Waals surface area contributed by atoms with Crippen LogP contribution in [0.4, 0.5) is 0 Å². The van der Waals surface area contributed by atoms with Crippen molar-refractivity contribution < 1.29 is 14.1 Å². The number of ether oxygens (including phenoxy) is 1. The van der Waals surface area contributed by atoms with Gasteiger partial charge in [-0.15, -0.1) is 0 Å². The van der Waals surface area contributed by atoms with E-state index in [1.807, 2.05) is 12.1 Å². The number of nitrogens with one attached hydrogen (secondary N) is 1. The van der Waals surface area contributed by atoms with E-state index in [0.717, 1.165) is 40.8 Å². The molecule has 4 atom stereocenters. The Labute approximate surface area is 181 Å². The zero-order valence-electron chi connectivity index (χ0n) is 15.9. The summed E-state index contributed by atoms with van der Waals surface area (Å²) in [5.41, 5.74) is 7.85. The van der Waals surface area contributed by atoms with Crippen molar-refractivity contribution in [3.63, 3.8) is 0 Å². The molecule has 7 nitrogen and oxygen atoms in total. The summed E-state index contributed by atoms with van der Waals surface area (Å²) < 4.78 is 12.3. The van der Waals surface area contributed by atoms with Crippen molar-refractivity contribution in [3.05, 3.63) is 45.8 Å². The molecule has 2 aliphatic heterocycles. The second-order valence-electron chi connectivity index (χ2n) is 7.86. The maximum Gasteiger partial charge on any atom is 0.256 e. The summed E-state index contributed by atoms with van der Waals surface area (Å²) in [5.74, 6) is 1.67. The summed E-state index contributed by atoms with van der Waals surface area (Å²) in [6, 6.07) is 6.13. The van der Waals surface area contributed by atoms with Crippen molar-refractivity contribution in [1.29, 1.82) is 0 Å². The lowest BCUT2D eigenvalue weighted by molar-refractivity contribution is 0.0155. The molecule has 5 rings (SSSR count). The van der Waals surface area contributed by atoms with Crippen LogP contribution in [0.2, 0.25) is 0 Å². The SMILES string of the molecule is Cc1nocc1C(=O)NC1CCC2Oc3ccc(Br)cc3C3(CSC(N)=N3)C2C1. The number of aryl methyl sites for hydroxylation is 1. The van der Waals surface area contributed by atoms with Gasteiger partial charge in [0.05, 0.1) is 5.69 Å². The van der Waals surface area contributed by atoms with Crippen LogP contribution in [0.1, 0.15) is 40.9 Å². The first-order valence-corrected chi connectivity index (χ1v) is 11.4. The molecule has 0 radical (unpaired) electrons. The number of thioether (sulfide) groups is 1. The molecule has 9 heteroatoms. The molecule has 1 fully saturated rings. The van der Waals surface area contributed by atoms with Crippen LogP contribution in [0, 0.1) is 12.8 Å². The van der Waals surface area contributed by atoms with E-state index in [2.05, 4.69) is 32.5 Å². The molecular weight excluding hydrogens is 456 g/mol. The number of carbonyl (C=O) groups excluding carboxylic acids is 1. The molecule has 4 unspecified atom stereocenters. The number of hydrogen-bond donors (Lipinski definition) is 2. The van der Waals surface area contributed by atoms with Crippen molar-refractivity contribution in [2.45, 2.75) is 43.9 Å². The Bertz CT molecular complexity index is 1010. The molecule has 152 valence electrons. The molecule has 3 heterocycles. The van der Waals surface area contributed by atoms with Crippen LogP contribution < -0.4 is 15.8 Å². The van der Waals surface area contributed by atoms with Gasteiger partial charge in [0.2, 0.25) is 0 Å². The van der Waals surface area contributed by atoms with Gasteiger partial charge in [0.25, 0.3) is 5.91 Å². The van der Waals surface area contributed by atoms with Gasteiger partial charge in [-0.1, -0.05) is 32.8 Å². The van der Waals surface area contributed by atoms with E-state index in [9.17, 15) is 4.79 Å². The van der Waals surface area contributed by atoms with Gasteiger partial charge in [0.1, 0.15) is 29.2 Å². The van der Waals surface area contributed by atoms with Gasteiger partial charge in [-0.2, -0.15) is 0 Å². The van der Waals surface area contributed by atoms with Crippen LogP contribution in [0.15, 0.2) is 38.5 Å². The monoisotopic (exact) mass is 476 g/mol. The first kappa shape index (κ1) is 19.0. The van der Waals surface area contributed by atoms with E-state index in [0.29, 0.717) is 16.4 Å². The summed E-state index contributed by atoms with van der Waals surface area (Å²) in [6.45, 7) is 1.77. The molecule has 3 N–H and O–H groups in total. The first-order chi connectivity index (χ1) is 14.0. The Morgan fingerprint density at radius 3 is 3.00 bits per heavy atom. The molecule has 1 aromatic heterocycles. The number of amides is 1. The highest BCUT2D eigenvalue weighted by atomic mass is 79.9. The first-order valence-electron chi connectivity index (χ1n) is 9.63. The predicted octanol–water partition coefficient (Wildman–Crippen LogP) is 3.36. The van der Waals surface area contributed by atoms with Crippen LogP contribution in [0.25, 0.3) is 0 Å². The number of aromatic nitrogens is 1. The summed E-state index contributed by atoms with van der Waals surface area (Å²) in [6.07, 6.45) is 3.95. The maximum absolute atomic E-state index is 12.7. The fraction of sp³-hybridized carbons (Fsp3) is 0.450. The predicted molar refractivity (Wildman–Crippen MR) is 114 cm³/mol. The van der Waals surface area contributed by atoms with Crippen LogP contribution in [-0.2, 0) is 5.54 Å². The molecule has 29 heavy (non-hydrogen) atoms. The second-order valence-corrected chi connectivity index (χ2v) is 9.77. The highest BCUT2D eigenvalue weighted by molar-refractivity contribution is 9.10. The van der Waals surface area contributed by atoms with Crippen LogP contribution in [-0.4, -0.2) is 34.1 Å². The molecule has 1 spiro atoms. The minimum Gasteiger partial charge on any atom is -0.490 e. The summed E-state index contributed by atoms with van der Waals surface area (Å²) in [5, 5.41) is 7.57. The molecule has 0 saturated heterocycles. The van der Waals surface area contributed by atoms with Crippen LogP contribution in [0.5, 0.6) is 5.75 Å². The number of aliphatic imine (C=N–C) groups is 1. The number of amidine groups is 1. The molecule has 1 amide bonds.